The summed E-state index contributed by atoms with van der Waals surface area (Å²) < 4.78 is 26.3. The molecule has 0 saturated heterocycles. The molecule has 1 aliphatic carbocycles. The maximum atomic E-state index is 13.6. The summed E-state index contributed by atoms with van der Waals surface area (Å²) in [6.45, 7) is 2.85. The molecule has 1 fully saturated rings. The van der Waals surface area contributed by atoms with Gasteiger partial charge in [-0.2, -0.15) is 0 Å². The first-order valence-corrected chi connectivity index (χ1v) is 14.1. The number of hydrogen-bond donors (Lipinski definition) is 1. The smallest absolute Gasteiger partial charge is 0.244 e. The Labute approximate surface area is 213 Å². The molecule has 1 atom stereocenters. The maximum Gasteiger partial charge on any atom is 0.244 e. The highest BCUT2D eigenvalue weighted by molar-refractivity contribution is 7.92. The topological polar surface area (TPSA) is 104 Å². The molecule has 3 rings (SSSR count). The summed E-state index contributed by atoms with van der Waals surface area (Å²) in [6, 6.07) is 15.1. The fourth-order valence-electron chi connectivity index (χ4n) is 4.46. The van der Waals surface area contributed by atoms with E-state index in [-0.39, 0.29) is 30.0 Å². The fourth-order valence-corrected chi connectivity index (χ4v) is 5.30. The van der Waals surface area contributed by atoms with Gasteiger partial charge in [0.2, 0.25) is 21.8 Å². The standard InChI is InChI=1S/C27H35N3O5S/c1-20(27(33)28-24-13-7-8-14-24)29(17-16-22-10-5-4-6-11-22)26(32)19-30(36(3,34)35)25-15-9-12-23(18-25)21(2)31/h4-6,9-12,15,18,20,24H,7-8,13-14,16-17,19H2,1-3H3,(H,28,33)/t20-/m1/s1. The second kappa shape index (κ2) is 12.2. The summed E-state index contributed by atoms with van der Waals surface area (Å²) in [4.78, 5) is 39.9. The maximum absolute atomic E-state index is 13.6. The molecule has 2 aromatic rings. The van der Waals surface area contributed by atoms with Crippen molar-refractivity contribution in [2.75, 3.05) is 23.7 Å². The summed E-state index contributed by atoms with van der Waals surface area (Å²) in [7, 11) is -3.85. The first-order valence-electron chi connectivity index (χ1n) is 12.3. The molecule has 9 heteroatoms. The Kier molecular flexibility index (Phi) is 9.25. The van der Waals surface area contributed by atoms with Gasteiger partial charge in [0.25, 0.3) is 0 Å². The van der Waals surface area contributed by atoms with E-state index in [1.165, 1.54) is 17.9 Å². The number of carbonyl (C=O) groups excluding carboxylic acids is 3. The zero-order valence-corrected chi connectivity index (χ0v) is 22.0. The molecule has 1 saturated carbocycles. The van der Waals surface area contributed by atoms with Gasteiger partial charge in [-0.3, -0.25) is 18.7 Å². The molecule has 0 radical (unpaired) electrons. The van der Waals surface area contributed by atoms with E-state index in [9.17, 15) is 22.8 Å². The molecule has 0 heterocycles. The molecular formula is C27H35N3O5S. The second-order valence-corrected chi connectivity index (χ2v) is 11.3. The predicted octanol–water partition coefficient (Wildman–Crippen LogP) is 3.17. The molecule has 0 bridgehead atoms. The Morgan fingerprint density at radius 1 is 1.03 bits per heavy atom. The lowest BCUT2D eigenvalue weighted by atomic mass is 10.1. The van der Waals surface area contributed by atoms with Crippen molar-refractivity contribution >= 4 is 33.3 Å². The zero-order chi connectivity index (χ0) is 26.3. The average molecular weight is 514 g/mol. The van der Waals surface area contributed by atoms with Crippen molar-refractivity contribution in [2.24, 2.45) is 0 Å². The highest BCUT2D eigenvalue weighted by Crippen LogP contribution is 2.21. The van der Waals surface area contributed by atoms with Crippen LogP contribution < -0.4 is 9.62 Å². The van der Waals surface area contributed by atoms with Crippen LogP contribution in [0.1, 0.15) is 55.5 Å². The number of nitrogens with zero attached hydrogens (tertiary/aromatic N) is 2. The van der Waals surface area contributed by atoms with Crippen LogP contribution in [0.2, 0.25) is 0 Å². The number of amides is 2. The van der Waals surface area contributed by atoms with Crippen LogP contribution in [0.3, 0.4) is 0 Å². The van der Waals surface area contributed by atoms with Crippen LogP contribution in [0, 0.1) is 0 Å². The molecule has 2 aromatic carbocycles. The van der Waals surface area contributed by atoms with Crippen molar-refractivity contribution in [1.82, 2.24) is 10.2 Å². The van der Waals surface area contributed by atoms with Crippen LogP contribution in [-0.4, -0.2) is 62.3 Å². The van der Waals surface area contributed by atoms with Crippen molar-refractivity contribution in [3.8, 4) is 0 Å². The Morgan fingerprint density at radius 3 is 2.31 bits per heavy atom. The van der Waals surface area contributed by atoms with E-state index in [0.717, 1.165) is 41.8 Å². The van der Waals surface area contributed by atoms with E-state index in [0.29, 0.717) is 12.0 Å². The SMILES string of the molecule is CC(=O)c1cccc(N(CC(=O)N(CCc2ccccc2)[C@H](C)C(=O)NC2CCCC2)S(C)(=O)=O)c1. The molecule has 8 nitrogen and oxygen atoms in total. The summed E-state index contributed by atoms with van der Waals surface area (Å²) in [5, 5.41) is 3.05. The summed E-state index contributed by atoms with van der Waals surface area (Å²) >= 11 is 0. The van der Waals surface area contributed by atoms with Crippen LogP contribution in [0.15, 0.2) is 54.6 Å². The lowest BCUT2D eigenvalue weighted by Crippen LogP contribution is -2.53. The molecule has 1 aliphatic rings. The highest BCUT2D eigenvalue weighted by atomic mass is 32.2. The number of rotatable bonds is 11. The highest BCUT2D eigenvalue weighted by Gasteiger charge is 2.31. The summed E-state index contributed by atoms with van der Waals surface area (Å²) in [5.74, 6) is -0.940. The van der Waals surface area contributed by atoms with Crippen LogP contribution in [-0.2, 0) is 26.0 Å². The minimum atomic E-state index is -3.85. The third kappa shape index (κ3) is 7.40. The summed E-state index contributed by atoms with van der Waals surface area (Å²) in [5.41, 5.74) is 1.58. The largest absolute Gasteiger partial charge is 0.352 e. The number of hydrogen-bond acceptors (Lipinski definition) is 5. The quantitative estimate of drug-likeness (QED) is 0.465. The third-order valence-electron chi connectivity index (χ3n) is 6.57. The minimum Gasteiger partial charge on any atom is -0.352 e. The fraction of sp³-hybridized carbons (Fsp3) is 0.444. The number of Topliss-reactive ketones (excluding diaryl/α,β-unsaturated/α-hetero) is 1. The first kappa shape index (κ1) is 27.4. The van der Waals surface area contributed by atoms with Crippen molar-refractivity contribution < 1.29 is 22.8 Å². The third-order valence-corrected chi connectivity index (χ3v) is 7.71. The van der Waals surface area contributed by atoms with Gasteiger partial charge >= 0.3 is 0 Å². The van der Waals surface area contributed by atoms with Gasteiger partial charge in [0.15, 0.2) is 5.78 Å². The van der Waals surface area contributed by atoms with Gasteiger partial charge < -0.3 is 10.2 Å². The number of benzene rings is 2. The second-order valence-electron chi connectivity index (χ2n) is 9.36. The lowest BCUT2D eigenvalue weighted by Gasteiger charge is -2.32. The van der Waals surface area contributed by atoms with Crippen LogP contribution in [0.25, 0.3) is 0 Å². The van der Waals surface area contributed by atoms with E-state index in [4.69, 9.17) is 0 Å². The predicted molar refractivity (Wildman–Crippen MR) is 140 cm³/mol. The number of nitrogens with one attached hydrogen (secondary N) is 1. The Morgan fingerprint density at radius 2 is 1.69 bits per heavy atom. The number of sulfonamides is 1. The molecule has 194 valence electrons. The van der Waals surface area contributed by atoms with Gasteiger partial charge in [-0.1, -0.05) is 55.3 Å². The van der Waals surface area contributed by atoms with Crippen molar-refractivity contribution in [1.29, 1.82) is 0 Å². The van der Waals surface area contributed by atoms with Crippen LogP contribution >= 0.6 is 0 Å². The lowest BCUT2D eigenvalue weighted by molar-refractivity contribution is -0.139. The molecule has 2 amide bonds. The Bertz CT molecular complexity index is 1180. The van der Waals surface area contributed by atoms with Crippen molar-refractivity contribution in [3.63, 3.8) is 0 Å². The molecule has 0 unspecified atom stereocenters. The number of carbonyl (C=O) groups is 3. The molecule has 1 N–H and O–H groups in total. The van der Waals surface area contributed by atoms with Crippen LogP contribution in [0.4, 0.5) is 5.69 Å². The van der Waals surface area contributed by atoms with E-state index in [1.54, 1.807) is 25.1 Å². The van der Waals surface area contributed by atoms with Crippen molar-refractivity contribution in [2.45, 2.75) is 58.0 Å². The molecule has 0 aliphatic heterocycles. The van der Waals surface area contributed by atoms with E-state index in [2.05, 4.69) is 5.32 Å². The first-order chi connectivity index (χ1) is 17.1. The Hall–Kier alpha value is -3.20. The van der Waals surface area contributed by atoms with Gasteiger partial charge in [0.1, 0.15) is 12.6 Å². The monoisotopic (exact) mass is 513 g/mol. The van der Waals surface area contributed by atoms with Gasteiger partial charge in [0, 0.05) is 18.2 Å². The average Bonchev–Trinajstić information content (AvgIpc) is 3.35. The number of anilines is 1. The van der Waals surface area contributed by atoms with E-state index < -0.39 is 28.5 Å². The van der Waals surface area contributed by atoms with Crippen molar-refractivity contribution in [3.05, 3.63) is 65.7 Å². The zero-order valence-electron chi connectivity index (χ0n) is 21.1. The molecule has 36 heavy (non-hydrogen) atoms. The molecular weight excluding hydrogens is 478 g/mol. The normalized spacial score (nSPS) is 14.8. The van der Waals surface area contributed by atoms with Gasteiger partial charge in [-0.05, 0) is 50.8 Å². The van der Waals surface area contributed by atoms with Gasteiger partial charge in [-0.25, -0.2) is 8.42 Å². The van der Waals surface area contributed by atoms with E-state index >= 15 is 0 Å². The Balaban J connectivity index is 1.85. The minimum absolute atomic E-state index is 0.105. The van der Waals surface area contributed by atoms with Gasteiger partial charge in [0.05, 0.1) is 11.9 Å². The summed E-state index contributed by atoms with van der Waals surface area (Å²) in [6.07, 6.45) is 5.52. The van der Waals surface area contributed by atoms with Crippen LogP contribution in [0.5, 0.6) is 0 Å². The number of ketones is 1. The molecule has 0 aromatic heterocycles. The molecule has 0 spiro atoms. The van der Waals surface area contributed by atoms with E-state index in [1.807, 2.05) is 30.3 Å². The van der Waals surface area contributed by atoms with Gasteiger partial charge in [-0.15, -0.1) is 0 Å².